The molecule has 7 heteroatoms. The second kappa shape index (κ2) is 5.38. The van der Waals surface area contributed by atoms with Crippen LogP contribution < -0.4 is 10.0 Å². The molecular weight excluding hydrogens is 252 g/mol. The van der Waals surface area contributed by atoms with Crippen LogP contribution in [-0.4, -0.2) is 31.7 Å². The van der Waals surface area contributed by atoms with Crippen molar-refractivity contribution in [2.75, 3.05) is 13.1 Å². The summed E-state index contributed by atoms with van der Waals surface area (Å²) in [7, 11) is -3.49. The van der Waals surface area contributed by atoms with E-state index in [2.05, 4.69) is 20.2 Å². The summed E-state index contributed by atoms with van der Waals surface area (Å²) in [5.41, 5.74) is 1.52. The van der Waals surface area contributed by atoms with Crippen LogP contribution in [0, 0.1) is 12.8 Å². The first-order chi connectivity index (χ1) is 8.54. The van der Waals surface area contributed by atoms with Gasteiger partial charge in [0.15, 0.2) is 5.03 Å². The Morgan fingerprint density at radius 3 is 2.78 bits per heavy atom. The molecule has 0 atom stereocenters. The van der Waals surface area contributed by atoms with Gasteiger partial charge in [-0.3, -0.25) is 5.10 Å². The number of aryl methyl sites for hydroxylation is 1. The Kier molecular flexibility index (Phi) is 4.04. The molecule has 102 valence electrons. The molecule has 0 aliphatic heterocycles. The summed E-state index contributed by atoms with van der Waals surface area (Å²) in [5.74, 6) is 0.511. The fraction of sp³-hybridized carbons (Fsp3) is 0.727. The van der Waals surface area contributed by atoms with Crippen LogP contribution in [0.3, 0.4) is 0 Å². The van der Waals surface area contributed by atoms with E-state index in [1.807, 2.05) is 13.8 Å². The minimum Gasteiger partial charge on any atom is -0.313 e. The zero-order chi connectivity index (χ0) is 13.2. The molecule has 6 nitrogen and oxygen atoms in total. The molecule has 0 unspecified atom stereocenters. The third-order valence-electron chi connectivity index (χ3n) is 3.10. The Labute approximate surface area is 108 Å². The van der Waals surface area contributed by atoms with Crippen LogP contribution in [0.15, 0.2) is 5.03 Å². The SMILES string of the molecule is CCNCc1c(S(=O)(=O)NCC2CC2)n[nH]c1C. The average molecular weight is 272 g/mol. The molecule has 1 heterocycles. The molecule has 1 aromatic heterocycles. The molecule has 1 aliphatic carbocycles. The van der Waals surface area contributed by atoms with Crippen LogP contribution in [-0.2, 0) is 16.6 Å². The third kappa shape index (κ3) is 3.09. The zero-order valence-electron chi connectivity index (χ0n) is 10.8. The van der Waals surface area contributed by atoms with Crippen molar-refractivity contribution < 1.29 is 8.42 Å². The molecule has 1 saturated carbocycles. The highest BCUT2D eigenvalue weighted by molar-refractivity contribution is 7.89. The summed E-state index contributed by atoms with van der Waals surface area (Å²) in [4.78, 5) is 0. The van der Waals surface area contributed by atoms with Gasteiger partial charge in [-0.1, -0.05) is 6.92 Å². The Morgan fingerprint density at radius 2 is 2.17 bits per heavy atom. The molecular formula is C11H20N4O2S. The van der Waals surface area contributed by atoms with E-state index in [-0.39, 0.29) is 5.03 Å². The van der Waals surface area contributed by atoms with E-state index in [0.717, 1.165) is 30.6 Å². The van der Waals surface area contributed by atoms with E-state index in [1.165, 1.54) is 0 Å². The second-order valence-corrected chi connectivity index (χ2v) is 6.39. The van der Waals surface area contributed by atoms with E-state index >= 15 is 0 Å². The number of H-pyrrole nitrogens is 1. The Balaban J connectivity index is 2.14. The lowest BCUT2D eigenvalue weighted by atomic mass is 10.2. The maximum Gasteiger partial charge on any atom is 0.260 e. The Bertz CT molecular complexity index is 505. The summed E-state index contributed by atoms with van der Waals surface area (Å²) in [5, 5.41) is 9.93. The molecule has 1 aromatic rings. The fourth-order valence-corrected chi connectivity index (χ4v) is 3.04. The fourth-order valence-electron chi connectivity index (χ4n) is 1.73. The first-order valence-electron chi connectivity index (χ1n) is 6.28. The molecule has 1 aliphatic rings. The predicted octanol–water partition coefficient (Wildman–Crippen LogP) is 0.516. The highest BCUT2D eigenvalue weighted by Gasteiger charge is 2.27. The van der Waals surface area contributed by atoms with Crippen LogP contribution in [0.5, 0.6) is 0 Å². The van der Waals surface area contributed by atoms with Crippen molar-refractivity contribution in [2.45, 2.75) is 38.3 Å². The Morgan fingerprint density at radius 1 is 1.44 bits per heavy atom. The lowest BCUT2D eigenvalue weighted by molar-refractivity contribution is 0.570. The maximum absolute atomic E-state index is 12.1. The molecule has 0 aromatic carbocycles. The number of aromatic nitrogens is 2. The average Bonchev–Trinajstić information content (AvgIpc) is 3.08. The van der Waals surface area contributed by atoms with E-state index < -0.39 is 10.0 Å². The van der Waals surface area contributed by atoms with Crippen LogP contribution in [0.25, 0.3) is 0 Å². The summed E-state index contributed by atoms with van der Waals surface area (Å²) < 4.78 is 26.9. The molecule has 0 saturated heterocycles. The van der Waals surface area contributed by atoms with Gasteiger partial charge in [-0.25, -0.2) is 13.1 Å². The topological polar surface area (TPSA) is 86.9 Å². The van der Waals surface area contributed by atoms with Gasteiger partial charge in [0.1, 0.15) is 0 Å². The van der Waals surface area contributed by atoms with Gasteiger partial charge in [0.2, 0.25) is 0 Å². The first-order valence-corrected chi connectivity index (χ1v) is 7.77. The van der Waals surface area contributed by atoms with Crippen molar-refractivity contribution in [1.29, 1.82) is 0 Å². The van der Waals surface area contributed by atoms with Gasteiger partial charge in [0.25, 0.3) is 10.0 Å². The molecule has 0 radical (unpaired) electrons. The van der Waals surface area contributed by atoms with Crippen molar-refractivity contribution in [1.82, 2.24) is 20.2 Å². The van der Waals surface area contributed by atoms with E-state index in [0.29, 0.717) is 19.0 Å². The minimum atomic E-state index is -3.49. The monoisotopic (exact) mass is 272 g/mol. The molecule has 3 N–H and O–H groups in total. The molecule has 0 amide bonds. The van der Waals surface area contributed by atoms with Gasteiger partial charge in [-0.2, -0.15) is 5.10 Å². The van der Waals surface area contributed by atoms with Crippen LogP contribution in [0.1, 0.15) is 31.0 Å². The quantitative estimate of drug-likeness (QED) is 0.675. The third-order valence-corrected chi connectivity index (χ3v) is 4.49. The van der Waals surface area contributed by atoms with E-state index in [9.17, 15) is 8.42 Å². The highest BCUT2D eigenvalue weighted by atomic mass is 32.2. The molecule has 0 spiro atoms. The van der Waals surface area contributed by atoms with Crippen molar-refractivity contribution in [3.63, 3.8) is 0 Å². The van der Waals surface area contributed by atoms with E-state index in [4.69, 9.17) is 0 Å². The van der Waals surface area contributed by atoms with Gasteiger partial charge >= 0.3 is 0 Å². The lowest BCUT2D eigenvalue weighted by Crippen LogP contribution is -2.27. The Hall–Kier alpha value is -0.920. The first kappa shape index (κ1) is 13.5. The predicted molar refractivity (Wildman–Crippen MR) is 68.6 cm³/mol. The number of rotatable bonds is 7. The van der Waals surface area contributed by atoms with Crippen molar-refractivity contribution >= 4 is 10.0 Å². The van der Waals surface area contributed by atoms with E-state index in [1.54, 1.807) is 0 Å². The number of hydrogen-bond acceptors (Lipinski definition) is 4. The number of nitrogens with one attached hydrogen (secondary N) is 3. The second-order valence-electron chi connectivity index (χ2n) is 4.71. The smallest absolute Gasteiger partial charge is 0.260 e. The molecule has 2 rings (SSSR count). The molecule has 18 heavy (non-hydrogen) atoms. The number of aromatic amines is 1. The molecule has 1 fully saturated rings. The van der Waals surface area contributed by atoms with Gasteiger partial charge in [0.05, 0.1) is 0 Å². The summed E-state index contributed by atoms with van der Waals surface area (Å²) in [6.45, 7) is 5.64. The number of sulfonamides is 1. The minimum absolute atomic E-state index is 0.126. The number of hydrogen-bond donors (Lipinski definition) is 3. The maximum atomic E-state index is 12.1. The largest absolute Gasteiger partial charge is 0.313 e. The van der Waals surface area contributed by atoms with Crippen LogP contribution >= 0.6 is 0 Å². The normalized spacial score (nSPS) is 16.1. The van der Waals surface area contributed by atoms with Gasteiger partial charge in [-0.05, 0) is 32.2 Å². The summed E-state index contributed by atoms with van der Waals surface area (Å²) >= 11 is 0. The standard InChI is InChI=1S/C11H20N4O2S/c1-3-12-7-10-8(2)14-15-11(10)18(16,17)13-6-9-4-5-9/h9,12-13H,3-7H2,1-2H3,(H,14,15). The summed E-state index contributed by atoms with van der Waals surface area (Å²) in [6.07, 6.45) is 2.23. The van der Waals surface area contributed by atoms with Crippen molar-refractivity contribution in [2.24, 2.45) is 5.92 Å². The van der Waals surface area contributed by atoms with Gasteiger partial charge in [0, 0.05) is 24.3 Å². The molecule has 0 bridgehead atoms. The van der Waals surface area contributed by atoms with Crippen LogP contribution in [0.2, 0.25) is 0 Å². The zero-order valence-corrected chi connectivity index (χ0v) is 11.6. The van der Waals surface area contributed by atoms with Crippen molar-refractivity contribution in [3.05, 3.63) is 11.3 Å². The highest BCUT2D eigenvalue weighted by Crippen LogP contribution is 2.28. The van der Waals surface area contributed by atoms with Gasteiger partial charge < -0.3 is 5.32 Å². The van der Waals surface area contributed by atoms with Crippen LogP contribution in [0.4, 0.5) is 0 Å². The van der Waals surface area contributed by atoms with Crippen molar-refractivity contribution in [3.8, 4) is 0 Å². The summed E-state index contributed by atoms with van der Waals surface area (Å²) in [6, 6.07) is 0. The van der Waals surface area contributed by atoms with Gasteiger partial charge in [-0.15, -0.1) is 0 Å². The number of nitrogens with zero attached hydrogens (tertiary/aromatic N) is 1. The lowest BCUT2D eigenvalue weighted by Gasteiger charge is -2.07.